The lowest BCUT2D eigenvalue weighted by Gasteiger charge is -2.36. The molecule has 3 aromatic carbocycles. The topological polar surface area (TPSA) is 57.2 Å². The summed E-state index contributed by atoms with van der Waals surface area (Å²) >= 11 is 0. The molecule has 0 aliphatic carbocycles. The van der Waals surface area contributed by atoms with E-state index in [-0.39, 0.29) is 11.6 Å². The van der Waals surface area contributed by atoms with Gasteiger partial charge in [0.15, 0.2) is 19.8 Å². The van der Waals surface area contributed by atoms with Gasteiger partial charge in [-0.2, -0.15) is 0 Å². The van der Waals surface area contributed by atoms with E-state index in [1.165, 1.54) is 0 Å². The first kappa shape index (κ1) is 26.8. The average molecular weight is 495 g/mol. The largest absolute Gasteiger partial charge is 0.490 e. The lowest BCUT2D eigenvalue weighted by Crippen LogP contribution is -2.41. The highest BCUT2D eigenvalue weighted by Crippen LogP contribution is 2.42. The maximum absolute atomic E-state index is 11.1. The van der Waals surface area contributed by atoms with E-state index < -0.39 is 14.4 Å². The molecule has 0 heterocycles. The number of ether oxygens (including phenoxy) is 3. The van der Waals surface area contributed by atoms with Crippen molar-refractivity contribution in [3.63, 3.8) is 0 Å². The molecule has 0 aliphatic rings. The van der Waals surface area contributed by atoms with Gasteiger partial charge in [0.2, 0.25) is 5.75 Å². The zero-order chi connectivity index (χ0) is 25.5. The first-order valence-electron chi connectivity index (χ1n) is 12.0. The highest BCUT2D eigenvalue weighted by atomic mass is 28.4. The molecule has 0 bridgehead atoms. The van der Waals surface area contributed by atoms with Crippen molar-refractivity contribution >= 4 is 8.32 Å². The summed E-state index contributed by atoms with van der Waals surface area (Å²) in [6, 6.07) is 23.5. The first-order valence-corrected chi connectivity index (χ1v) is 14.9. The van der Waals surface area contributed by atoms with Gasteiger partial charge in [0.25, 0.3) is 0 Å². The number of aliphatic hydroxyl groups is 1. The number of hydrogen-bond acceptors (Lipinski definition) is 5. The van der Waals surface area contributed by atoms with Crippen LogP contribution in [-0.2, 0) is 17.6 Å². The molecule has 0 unspecified atom stereocenters. The molecular weight excluding hydrogens is 456 g/mol. The van der Waals surface area contributed by atoms with Crippen LogP contribution in [0.3, 0.4) is 0 Å². The first-order chi connectivity index (χ1) is 16.6. The summed E-state index contributed by atoms with van der Waals surface area (Å²) in [5, 5.41) is 11.1. The maximum Gasteiger partial charge on any atom is 0.203 e. The third-order valence-corrected chi connectivity index (χ3v) is 11.0. The van der Waals surface area contributed by atoms with Crippen molar-refractivity contribution < 1.29 is 23.7 Å². The number of aliphatic hydroxyl groups excluding tert-OH is 1. The van der Waals surface area contributed by atoms with Crippen molar-refractivity contribution in [1.29, 1.82) is 0 Å². The van der Waals surface area contributed by atoms with Gasteiger partial charge in [-0.25, -0.2) is 0 Å². The summed E-state index contributed by atoms with van der Waals surface area (Å²) in [4.78, 5) is 0. The number of methoxy groups -OCH3 is 1. The Hall–Kier alpha value is -2.80. The van der Waals surface area contributed by atoms with Gasteiger partial charge in [0.05, 0.1) is 13.7 Å². The minimum Gasteiger partial charge on any atom is -0.490 e. The lowest BCUT2D eigenvalue weighted by atomic mass is 10.1. The Morgan fingerprint density at radius 1 is 0.800 bits per heavy atom. The maximum atomic E-state index is 11.1. The van der Waals surface area contributed by atoms with Crippen LogP contribution in [0.25, 0.3) is 0 Å². The molecule has 0 saturated carbocycles. The molecule has 6 heteroatoms. The van der Waals surface area contributed by atoms with Gasteiger partial charge in [0, 0.05) is 0 Å². The van der Waals surface area contributed by atoms with Crippen LogP contribution in [-0.4, -0.2) is 27.1 Å². The number of hydrogen-bond donors (Lipinski definition) is 1. The molecular formula is C29H38O5Si. The summed E-state index contributed by atoms with van der Waals surface area (Å²) < 4.78 is 24.3. The van der Waals surface area contributed by atoms with Crippen LogP contribution < -0.4 is 14.2 Å². The molecule has 5 nitrogen and oxygen atoms in total. The van der Waals surface area contributed by atoms with Crippen LogP contribution in [0.15, 0.2) is 72.8 Å². The highest BCUT2D eigenvalue weighted by molar-refractivity contribution is 6.74. The molecule has 3 aromatic rings. The molecule has 1 N–H and O–H groups in total. The van der Waals surface area contributed by atoms with E-state index in [1.807, 2.05) is 72.8 Å². The van der Waals surface area contributed by atoms with Gasteiger partial charge < -0.3 is 23.7 Å². The van der Waals surface area contributed by atoms with Crippen LogP contribution in [0.5, 0.6) is 17.2 Å². The number of benzene rings is 3. The lowest BCUT2D eigenvalue weighted by molar-refractivity contribution is 0.0995. The quantitative estimate of drug-likeness (QED) is 0.294. The summed E-state index contributed by atoms with van der Waals surface area (Å²) in [5.74, 6) is 1.53. The van der Waals surface area contributed by atoms with E-state index in [4.69, 9.17) is 18.6 Å². The molecule has 188 valence electrons. The monoisotopic (exact) mass is 494 g/mol. The summed E-state index contributed by atoms with van der Waals surface area (Å²) in [5.41, 5.74) is 2.73. The summed E-state index contributed by atoms with van der Waals surface area (Å²) in [6.07, 6.45) is -0.826. The van der Waals surface area contributed by atoms with Crippen molar-refractivity contribution in [3.05, 3.63) is 89.5 Å². The van der Waals surface area contributed by atoms with Crippen LogP contribution in [0.4, 0.5) is 0 Å². The minimum absolute atomic E-state index is 0.0561. The second kappa shape index (κ2) is 11.8. The fourth-order valence-corrected chi connectivity index (χ4v) is 4.28. The molecule has 0 radical (unpaired) electrons. The predicted molar refractivity (Wildman–Crippen MR) is 143 cm³/mol. The van der Waals surface area contributed by atoms with Crippen molar-refractivity contribution in [2.24, 2.45) is 0 Å². The van der Waals surface area contributed by atoms with Gasteiger partial charge in [-0.15, -0.1) is 0 Å². The van der Waals surface area contributed by atoms with Gasteiger partial charge >= 0.3 is 0 Å². The van der Waals surface area contributed by atoms with E-state index in [9.17, 15) is 5.11 Å². The fraction of sp³-hybridized carbons (Fsp3) is 0.379. The molecule has 1 atom stereocenters. The van der Waals surface area contributed by atoms with Crippen LogP contribution in [0, 0.1) is 0 Å². The van der Waals surface area contributed by atoms with Crippen molar-refractivity contribution in [1.82, 2.24) is 0 Å². The third kappa shape index (κ3) is 7.34. The molecule has 0 amide bonds. The van der Waals surface area contributed by atoms with Gasteiger partial charge in [-0.3, -0.25) is 0 Å². The fourth-order valence-electron chi connectivity index (χ4n) is 3.28. The van der Waals surface area contributed by atoms with Gasteiger partial charge in [0.1, 0.15) is 19.3 Å². The number of rotatable bonds is 11. The van der Waals surface area contributed by atoms with E-state index in [2.05, 4.69) is 33.9 Å². The zero-order valence-electron chi connectivity index (χ0n) is 21.7. The molecule has 3 rings (SSSR count). The van der Waals surface area contributed by atoms with Gasteiger partial charge in [-0.1, -0.05) is 81.4 Å². The summed E-state index contributed by atoms with van der Waals surface area (Å²) in [7, 11) is -0.417. The van der Waals surface area contributed by atoms with Crippen molar-refractivity contribution in [2.45, 2.75) is 58.2 Å². The second-order valence-electron chi connectivity index (χ2n) is 10.2. The van der Waals surface area contributed by atoms with Gasteiger partial charge in [-0.05, 0) is 47.0 Å². The third-order valence-electron chi connectivity index (χ3n) is 6.51. The Morgan fingerprint density at radius 2 is 1.26 bits per heavy atom. The van der Waals surface area contributed by atoms with Crippen molar-refractivity contribution in [3.8, 4) is 17.2 Å². The Balaban J connectivity index is 1.87. The Labute approximate surface area is 210 Å². The van der Waals surface area contributed by atoms with E-state index in [0.717, 1.165) is 11.1 Å². The van der Waals surface area contributed by atoms with E-state index >= 15 is 0 Å². The van der Waals surface area contributed by atoms with Crippen molar-refractivity contribution in [2.75, 3.05) is 13.7 Å². The van der Waals surface area contributed by atoms with Crippen LogP contribution in [0.1, 0.15) is 43.6 Å². The molecule has 0 saturated heterocycles. The molecule has 0 aliphatic heterocycles. The van der Waals surface area contributed by atoms with Crippen LogP contribution in [0.2, 0.25) is 18.1 Å². The SMILES string of the molecule is COc1c(OCc2ccccc2)cc([C@H](O)CO[Si](C)(C)C(C)(C)C)cc1OCc1ccccc1. The van der Waals surface area contributed by atoms with E-state index in [0.29, 0.717) is 36.0 Å². The zero-order valence-corrected chi connectivity index (χ0v) is 22.7. The smallest absolute Gasteiger partial charge is 0.203 e. The molecule has 0 spiro atoms. The predicted octanol–water partition coefficient (Wildman–Crippen LogP) is 6.91. The summed E-state index contributed by atoms with van der Waals surface area (Å²) in [6.45, 7) is 11.9. The highest BCUT2D eigenvalue weighted by Gasteiger charge is 2.37. The standard InChI is InChI=1S/C29H38O5Si/c1-29(2,3)35(5,6)34-21-25(30)24-17-26(32-19-22-13-9-7-10-14-22)28(31-4)27(18-24)33-20-23-15-11-8-12-16-23/h7-18,25,30H,19-21H2,1-6H3/t25-/m1/s1. The Bertz CT molecular complexity index is 997. The molecule has 0 aromatic heterocycles. The van der Waals surface area contributed by atoms with E-state index in [1.54, 1.807) is 7.11 Å². The second-order valence-corrected chi connectivity index (χ2v) is 15.0. The average Bonchev–Trinajstić information content (AvgIpc) is 2.85. The molecule has 0 fully saturated rings. The van der Waals surface area contributed by atoms with Crippen LogP contribution >= 0.6 is 0 Å². The minimum atomic E-state index is -2.01. The molecule has 35 heavy (non-hydrogen) atoms. The normalized spacial score (nSPS) is 12.8. The Morgan fingerprint density at radius 3 is 1.66 bits per heavy atom. The Kier molecular flexibility index (Phi) is 9.00.